The number of para-hydroxylation sites is 1. The number of rotatable bonds is 5. The second kappa shape index (κ2) is 6.09. The van der Waals surface area contributed by atoms with Gasteiger partial charge in [0.05, 0.1) is 0 Å². The lowest BCUT2D eigenvalue weighted by Crippen LogP contribution is -2.35. The minimum absolute atomic E-state index is 0.0734. The average molecular weight is 260 g/mol. The van der Waals surface area contributed by atoms with Gasteiger partial charge in [0.1, 0.15) is 6.54 Å². The van der Waals surface area contributed by atoms with Gasteiger partial charge in [-0.05, 0) is 31.9 Å². The summed E-state index contributed by atoms with van der Waals surface area (Å²) in [4.78, 5) is 1.33. The molecule has 1 aromatic rings. The van der Waals surface area contributed by atoms with Crippen LogP contribution in [0.25, 0.3) is 0 Å². The zero-order valence-electron chi connectivity index (χ0n) is 10.7. The lowest BCUT2D eigenvalue weighted by Gasteiger charge is -2.27. The van der Waals surface area contributed by atoms with E-state index in [2.05, 4.69) is 0 Å². The quantitative estimate of drug-likeness (QED) is 0.882. The zero-order valence-corrected chi connectivity index (χ0v) is 10.7. The molecule has 0 spiro atoms. The molecule has 0 fully saturated rings. The molecule has 0 amide bonds. The van der Waals surface area contributed by atoms with E-state index in [0.29, 0.717) is 18.7 Å². The van der Waals surface area contributed by atoms with E-state index in [1.807, 2.05) is 19.1 Å². The van der Waals surface area contributed by atoms with E-state index in [1.165, 1.54) is 4.90 Å². The van der Waals surface area contributed by atoms with E-state index in [1.54, 1.807) is 19.1 Å². The number of benzene rings is 1. The molecule has 0 aromatic heterocycles. The Hall–Kier alpha value is -1.23. The highest BCUT2D eigenvalue weighted by Crippen LogP contribution is 2.25. The minimum atomic E-state index is -4.20. The van der Waals surface area contributed by atoms with Crippen LogP contribution in [0.2, 0.25) is 0 Å². The topological polar surface area (TPSA) is 29.3 Å². The Bertz CT molecular complexity index is 375. The van der Waals surface area contributed by atoms with Gasteiger partial charge in [0.25, 0.3) is 0 Å². The average Bonchev–Trinajstić information content (AvgIpc) is 2.25. The highest BCUT2D eigenvalue weighted by atomic mass is 19.4. The molecule has 0 saturated heterocycles. The predicted molar refractivity (Wildman–Crippen MR) is 67.7 cm³/mol. The van der Waals surface area contributed by atoms with E-state index < -0.39 is 12.7 Å². The molecule has 1 rings (SSSR count). The van der Waals surface area contributed by atoms with E-state index in [4.69, 9.17) is 5.73 Å². The van der Waals surface area contributed by atoms with Crippen LogP contribution in [0.5, 0.6) is 0 Å². The maximum absolute atomic E-state index is 12.5. The fraction of sp³-hybridized carbons (Fsp3) is 0.538. The van der Waals surface area contributed by atoms with Crippen molar-refractivity contribution in [2.24, 2.45) is 5.73 Å². The minimum Gasteiger partial charge on any atom is -0.363 e. The molecule has 1 atom stereocenters. The second-order valence-corrected chi connectivity index (χ2v) is 4.44. The van der Waals surface area contributed by atoms with E-state index in [9.17, 15) is 13.2 Å². The number of nitrogens with two attached hydrogens (primary N) is 1. The van der Waals surface area contributed by atoms with Crippen LogP contribution in [0.3, 0.4) is 0 Å². The summed E-state index contributed by atoms with van der Waals surface area (Å²) in [6.07, 6.45) is -3.62. The van der Waals surface area contributed by atoms with Crippen LogP contribution < -0.4 is 10.6 Å². The van der Waals surface area contributed by atoms with Gasteiger partial charge < -0.3 is 10.6 Å². The number of hydrogen-bond donors (Lipinski definition) is 1. The van der Waals surface area contributed by atoms with Crippen molar-refractivity contribution in [3.8, 4) is 0 Å². The van der Waals surface area contributed by atoms with Crippen molar-refractivity contribution < 1.29 is 13.2 Å². The molecule has 2 nitrogen and oxygen atoms in total. The largest absolute Gasteiger partial charge is 0.405 e. The molecule has 5 heteroatoms. The molecular weight excluding hydrogens is 241 g/mol. The van der Waals surface area contributed by atoms with Crippen LogP contribution in [0.15, 0.2) is 24.3 Å². The normalized spacial score (nSPS) is 13.4. The third kappa shape index (κ3) is 4.56. The van der Waals surface area contributed by atoms with Crippen LogP contribution in [0.1, 0.15) is 19.4 Å². The molecule has 0 radical (unpaired) electrons. The molecule has 2 N–H and O–H groups in total. The van der Waals surface area contributed by atoms with Gasteiger partial charge in [-0.2, -0.15) is 13.2 Å². The van der Waals surface area contributed by atoms with Gasteiger partial charge in [0.15, 0.2) is 0 Å². The summed E-state index contributed by atoms with van der Waals surface area (Å²) in [5, 5.41) is 0. The molecule has 1 unspecified atom stereocenters. The summed E-state index contributed by atoms with van der Waals surface area (Å²) in [5.41, 5.74) is 7.20. The Balaban J connectivity index is 2.97. The summed E-state index contributed by atoms with van der Waals surface area (Å²) in [6.45, 7) is 2.94. The van der Waals surface area contributed by atoms with Gasteiger partial charge in [-0.3, -0.25) is 0 Å². The van der Waals surface area contributed by atoms with Crippen molar-refractivity contribution in [3.63, 3.8) is 0 Å². The van der Waals surface area contributed by atoms with Crippen LogP contribution in [-0.2, 0) is 6.42 Å². The van der Waals surface area contributed by atoms with Crippen LogP contribution in [-0.4, -0.2) is 25.3 Å². The Labute approximate surface area is 106 Å². The molecule has 18 heavy (non-hydrogen) atoms. The summed E-state index contributed by atoms with van der Waals surface area (Å²) >= 11 is 0. The maximum Gasteiger partial charge on any atom is 0.405 e. The summed E-state index contributed by atoms with van der Waals surface area (Å²) in [5.74, 6) is 0. The van der Waals surface area contributed by atoms with Gasteiger partial charge in [0.2, 0.25) is 0 Å². The SMILES string of the molecule is CCN(CC(F)(F)F)c1ccccc1CC(C)N. The standard InChI is InChI=1S/C13H19F3N2/c1-3-18(9-13(14,15)16)12-7-5-4-6-11(12)8-10(2)17/h4-7,10H,3,8-9,17H2,1-2H3. The number of hydrogen-bond acceptors (Lipinski definition) is 2. The third-order valence-electron chi connectivity index (χ3n) is 2.63. The first-order chi connectivity index (χ1) is 8.33. The Kier molecular flexibility index (Phi) is 5.02. The van der Waals surface area contributed by atoms with Crippen molar-refractivity contribution in [2.45, 2.75) is 32.5 Å². The van der Waals surface area contributed by atoms with Gasteiger partial charge in [0, 0.05) is 18.3 Å². The van der Waals surface area contributed by atoms with Crippen molar-refractivity contribution in [2.75, 3.05) is 18.0 Å². The Morgan fingerprint density at radius 3 is 2.39 bits per heavy atom. The second-order valence-electron chi connectivity index (χ2n) is 4.44. The molecule has 0 bridgehead atoms. The van der Waals surface area contributed by atoms with Crippen LogP contribution >= 0.6 is 0 Å². The van der Waals surface area contributed by atoms with Gasteiger partial charge in [-0.25, -0.2) is 0 Å². The van der Waals surface area contributed by atoms with E-state index in [-0.39, 0.29) is 6.04 Å². The summed E-state index contributed by atoms with van der Waals surface area (Å²) in [7, 11) is 0. The van der Waals surface area contributed by atoms with Crippen LogP contribution in [0, 0.1) is 0 Å². The molecule has 102 valence electrons. The summed E-state index contributed by atoms with van der Waals surface area (Å²) in [6, 6.07) is 7.04. The first-order valence-corrected chi connectivity index (χ1v) is 5.98. The smallest absolute Gasteiger partial charge is 0.363 e. The molecule has 0 aliphatic carbocycles. The van der Waals surface area contributed by atoms with Gasteiger partial charge in [-0.1, -0.05) is 18.2 Å². The molecule has 1 aromatic carbocycles. The van der Waals surface area contributed by atoms with Crippen LogP contribution in [0.4, 0.5) is 18.9 Å². The first kappa shape index (κ1) is 14.8. The van der Waals surface area contributed by atoms with Crippen molar-refractivity contribution in [3.05, 3.63) is 29.8 Å². The molecule has 0 saturated carbocycles. The Morgan fingerprint density at radius 1 is 1.28 bits per heavy atom. The monoisotopic (exact) mass is 260 g/mol. The van der Waals surface area contributed by atoms with E-state index in [0.717, 1.165) is 5.56 Å². The lowest BCUT2D eigenvalue weighted by molar-refractivity contribution is -0.119. The van der Waals surface area contributed by atoms with Gasteiger partial charge >= 0.3 is 6.18 Å². The third-order valence-corrected chi connectivity index (χ3v) is 2.63. The number of anilines is 1. The fourth-order valence-corrected chi connectivity index (χ4v) is 1.92. The first-order valence-electron chi connectivity index (χ1n) is 5.98. The fourth-order valence-electron chi connectivity index (χ4n) is 1.92. The van der Waals surface area contributed by atoms with Crippen molar-refractivity contribution in [1.82, 2.24) is 0 Å². The zero-order chi connectivity index (χ0) is 13.8. The lowest BCUT2D eigenvalue weighted by atomic mass is 10.0. The van der Waals surface area contributed by atoms with Gasteiger partial charge in [-0.15, -0.1) is 0 Å². The number of alkyl halides is 3. The van der Waals surface area contributed by atoms with Crippen molar-refractivity contribution >= 4 is 5.69 Å². The summed E-state index contributed by atoms with van der Waals surface area (Å²) < 4.78 is 37.5. The number of nitrogens with zero attached hydrogens (tertiary/aromatic N) is 1. The van der Waals surface area contributed by atoms with E-state index >= 15 is 0 Å². The highest BCUT2D eigenvalue weighted by molar-refractivity contribution is 5.54. The molecular formula is C13H19F3N2. The highest BCUT2D eigenvalue weighted by Gasteiger charge is 2.30. The predicted octanol–water partition coefficient (Wildman–Crippen LogP) is 2.96. The molecule has 0 aliphatic rings. The maximum atomic E-state index is 12.5. The molecule has 0 aliphatic heterocycles. The molecule has 0 heterocycles. The Morgan fingerprint density at radius 2 is 1.89 bits per heavy atom. The van der Waals surface area contributed by atoms with Crippen molar-refractivity contribution in [1.29, 1.82) is 0 Å². The number of halogens is 3.